The second kappa shape index (κ2) is 7.89. The molecule has 8 heteroatoms. The van der Waals surface area contributed by atoms with Crippen LogP contribution in [0.1, 0.15) is 37.6 Å². The molecule has 2 aromatic rings. The zero-order chi connectivity index (χ0) is 22.3. The largest absolute Gasteiger partial charge is 0.416 e. The smallest absolute Gasteiger partial charge is 0.353 e. The number of hydrogen-bond acceptors (Lipinski definition) is 4. The molecular weight excluding hydrogens is 393 g/mol. The Balaban J connectivity index is 1.88. The van der Waals surface area contributed by atoms with Crippen LogP contribution >= 0.6 is 0 Å². The molecule has 0 radical (unpaired) electrons. The summed E-state index contributed by atoms with van der Waals surface area (Å²) in [6.45, 7) is 11.8. The van der Waals surface area contributed by atoms with E-state index in [1.807, 2.05) is 39.5 Å². The minimum atomic E-state index is -4.42. The molecule has 1 aromatic heterocycles. The van der Waals surface area contributed by atoms with Crippen molar-refractivity contribution in [3.05, 3.63) is 41.1 Å². The summed E-state index contributed by atoms with van der Waals surface area (Å²) in [4.78, 5) is 25.5. The lowest BCUT2D eigenvalue weighted by Crippen LogP contribution is -2.52. The number of halogens is 3. The lowest BCUT2D eigenvalue weighted by molar-refractivity contribution is -0.140. The third-order valence-corrected chi connectivity index (χ3v) is 5.32. The van der Waals surface area contributed by atoms with Crippen LogP contribution in [0.15, 0.2) is 24.3 Å². The molecule has 1 fully saturated rings. The predicted molar refractivity (Wildman–Crippen MR) is 110 cm³/mol. The summed E-state index contributed by atoms with van der Waals surface area (Å²) in [5.74, 6) is 1.09. The average Bonchev–Trinajstić information content (AvgIpc) is 2.68. The summed E-state index contributed by atoms with van der Waals surface area (Å²) in [6, 6.07) is 5.07. The Hall–Kier alpha value is -2.64. The molecule has 1 aromatic carbocycles. The number of hydrogen-bond donors (Lipinski definition) is 0. The highest BCUT2D eigenvalue weighted by atomic mass is 19.4. The van der Waals surface area contributed by atoms with E-state index in [2.05, 4.69) is 14.9 Å². The zero-order valence-electron chi connectivity index (χ0n) is 18.0. The Kier molecular flexibility index (Phi) is 5.80. The lowest BCUT2D eigenvalue weighted by Gasteiger charge is -2.38. The normalized spacial score (nSPS) is 15.5. The van der Waals surface area contributed by atoms with Crippen LogP contribution in [0.25, 0.3) is 11.4 Å². The number of aromatic nitrogens is 2. The lowest BCUT2D eigenvalue weighted by atomic mass is 9.94. The maximum Gasteiger partial charge on any atom is 0.416 e. The van der Waals surface area contributed by atoms with Crippen molar-refractivity contribution in [1.29, 1.82) is 0 Å². The first kappa shape index (κ1) is 22.1. The van der Waals surface area contributed by atoms with Crippen LogP contribution in [0.5, 0.6) is 0 Å². The molecule has 0 unspecified atom stereocenters. The Morgan fingerprint density at radius 1 is 1.00 bits per heavy atom. The maximum atomic E-state index is 13.1. The van der Waals surface area contributed by atoms with E-state index >= 15 is 0 Å². The summed E-state index contributed by atoms with van der Waals surface area (Å²) in [6.07, 6.45) is -4.42. The molecule has 3 rings (SSSR count). The fourth-order valence-corrected chi connectivity index (χ4v) is 3.48. The first-order valence-corrected chi connectivity index (χ1v) is 9.95. The standard InChI is InChI=1S/C22H27F3N4O/c1-14-15(2)26-18(16-7-6-8-17(13-16)22(23,24)25)27-19(14)28-9-11-29(12-10-28)20(30)21(3,4)5/h6-8,13H,9-12H2,1-5H3. The molecule has 0 N–H and O–H groups in total. The van der Waals surface area contributed by atoms with Crippen molar-refractivity contribution >= 4 is 11.7 Å². The minimum Gasteiger partial charge on any atom is -0.353 e. The Bertz CT molecular complexity index is 942. The number of piperazine rings is 1. The highest BCUT2D eigenvalue weighted by Crippen LogP contribution is 2.32. The van der Waals surface area contributed by atoms with E-state index in [9.17, 15) is 18.0 Å². The monoisotopic (exact) mass is 420 g/mol. The number of alkyl halides is 3. The van der Waals surface area contributed by atoms with Gasteiger partial charge in [0, 0.05) is 48.4 Å². The van der Waals surface area contributed by atoms with Crippen molar-refractivity contribution in [3.8, 4) is 11.4 Å². The van der Waals surface area contributed by atoms with E-state index in [0.717, 1.165) is 23.4 Å². The number of carbonyl (C=O) groups excluding carboxylic acids is 1. The molecule has 1 aliphatic rings. The van der Waals surface area contributed by atoms with Gasteiger partial charge in [-0.05, 0) is 26.0 Å². The molecule has 1 saturated heterocycles. The van der Waals surface area contributed by atoms with Gasteiger partial charge in [0.25, 0.3) is 0 Å². The average molecular weight is 420 g/mol. The van der Waals surface area contributed by atoms with Crippen LogP contribution < -0.4 is 4.90 Å². The SMILES string of the molecule is Cc1nc(-c2cccc(C(F)(F)F)c2)nc(N2CCN(C(=O)C(C)(C)C)CC2)c1C. The van der Waals surface area contributed by atoms with Gasteiger partial charge in [-0.15, -0.1) is 0 Å². The van der Waals surface area contributed by atoms with Crippen molar-refractivity contribution in [3.63, 3.8) is 0 Å². The quantitative estimate of drug-likeness (QED) is 0.719. The Labute approximate surface area is 174 Å². The third-order valence-electron chi connectivity index (χ3n) is 5.32. The van der Waals surface area contributed by atoms with E-state index in [-0.39, 0.29) is 11.7 Å². The number of benzene rings is 1. The molecule has 0 bridgehead atoms. The van der Waals surface area contributed by atoms with E-state index in [0.29, 0.717) is 37.6 Å². The fourth-order valence-electron chi connectivity index (χ4n) is 3.48. The topological polar surface area (TPSA) is 49.3 Å². The van der Waals surface area contributed by atoms with E-state index in [1.54, 1.807) is 6.07 Å². The summed E-state index contributed by atoms with van der Waals surface area (Å²) in [5.41, 5.74) is 0.788. The summed E-state index contributed by atoms with van der Waals surface area (Å²) in [5, 5.41) is 0. The second-order valence-corrected chi connectivity index (χ2v) is 8.69. The molecule has 0 aliphatic carbocycles. The van der Waals surface area contributed by atoms with Crippen LogP contribution in [0, 0.1) is 19.3 Å². The van der Waals surface area contributed by atoms with Crippen molar-refractivity contribution < 1.29 is 18.0 Å². The van der Waals surface area contributed by atoms with Gasteiger partial charge in [-0.25, -0.2) is 9.97 Å². The van der Waals surface area contributed by atoms with Gasteiger partial charge in [0.2, 0.25) is 5.91 Å². The molecule has 30 heavy (non-hydrogen) atoms. The summed E-state index contributed by atoms with van der Waals surface area (Å²) >= 11 is 0. The van der Waals surface area contributed by atoms with E-state index in [4.69, 9.17) is 0 Å². The Morgan fingerprint density at radius 2 is 1.63 bits per heavy atom. The third kappa shape index (κ3) is 4.57. The van der Waals surface area contributed by atoms with Crippen molar-refractivity contribution in [2.24, 2.45) is 5.41 Å². The van der Waals surface area contributed by atoms with Crippen LogP contribution in [0.2, 0.25) is 0 Å². The Morgan fingerprint density at radius 3 is 2.20 bits per heavy atom. The first-order valence-electron chi connectivity index (χ1n) is 9.95. The van der Waals surface area contributed by atoms with Gasteiger partial charge in [0.1, 0.15) is 5.82 Å². The minimum absolute atomic E-state index is 0.113. The van der Waals surface area contributed by atoms with Gasteiger partial charge in [-0.1, -0.05) is 32.9 Å². The molecule has 162 valence electrons. The van der Waals surface area contributed by atoms with Crippen molar-refractivity contribution in [2.45, 2.75) is 40.8 Å². The van der Waals surface area contributed by atoms with Gasteiger partial charge >= 0.3 is 6.18 Å². The molecule has 0 atom stereocenters. The first-order chi connectivity index (χ1) is 13.9. The number of aryl methyl sites for hydroxylation is 1. The van der Waals surface area contributed by atoms with Crippen molar-refractivity contribution in [2.75, 3.05) is 31.1 Å². The predicted octanol–water partition coefficient (Wildman–Crippen LogP) is 4.47. The van der Waals surface area contributed by atoms with Crippen LogP contribution in [-0.2, 0) is 11.0 Å². The van der Waals surface area contributed by atoms with Gasteiger partial charge in [0.05, 0.1) is 5.56 Å². The van der Waals surface area contributed by atoms with Crippen molar-refractivity contribution in [1.82, 2.24) is 14.9 Å². The summed E-state index contributed by atoms with van der Waals surface area (Å²) in [7, 11) is 0. The number of carbonyl (C=O) groups is 1. The number of amides is 1. The van der Waals surface area contributed by atoms with Crippen LogP contribution in [-0.4, -0.2) is 47.0 Å². The molecule has 0 saturated carbocycles. The number of rotatable bonds is 2. The molecule has 0 spiro atoms. The van der Waals surface area contributed by atoms with Gasteiger partial charge in [-0.3, -0.25) is 4.79 Å². The zero-order valence-corrected chi connectivity index (χ0v) is 18.0. The van der Waals surface area contributed by atoms with Gasteiger partial charge in [-0.2, -0.15) is 13.2 Å². The van der Waals surface area contributed by atoms with E-state index < -0.39 is 17.2 Å². The molecule has 2 heterocycles. The van der Waals surface area contributed by atoms with Gasteiger partial charge < -0.3 is 9.80 Å². The highest BCUT2D eigenvalue weighted by Gasteiger charge is 2.32. The van der Waals surface area contributed by atoms with Crippen LogP contribution in [0.3, 0.4) is 0 Å². The summed E-state index contributed by atoms with van der Waals surface area (Å²) < 4.78 is 39.3. The fraction of sp³-hybridized carbons (Fsp3) is 0.500. The molecular formula is C22H27F3N4O. The number of anilines is 1. The maximum absolute atomic E-state index is 13.1. The highest BCUT2D eigenvalue weighted by molar-refractivity contribution is 5.81. The van der Waals surface area contributed by atoms with E-state index in [1.165, 1.54) is 6.07 Å². The molecule has 5 nitrogen and oxygen atoms in total. The van der Waals surface area contributed by atoms with Gasteiger partial charge in [0.15, 0.2) is 5.82 Å². The van der Waals surface area contributed by atoms with Crippen LogP contribution in [0.4, 0.5) is 19.0 Å². The molecule has 1 aliphatic heterocycles. The number of nitrogens with zero attached hydrogens (tertiary/aromatic N) is 4. The second-order valence-electron chi connectivity index (χ2n) is 8.69. The molecule has 1 amide bonds.